The fraction of sp³-hybridized carbons (Fsp3) is 0.222. The van der Waals surface area contributed by atoms with E-state index in [0.717, 1.165) is 12.8 Å². The average Bonchev–Trinajstić information content (AvgIpc) is 2.64. The first kappa shape index (κ1) is 17.4. The molecular formula is C18H16N2O6. The van der Waals surface area contributed by atoms with Crippen LogP contribution in [-0.4, -0.2) is 22.1 Å². The van der Waals surface area contributed by atoms with E-state index in [0.29, 0.717) is 11.5 Å². The van der Waals surface area contributed by atoms with Gasteiger partial charge in [0.1, 0.15) is 17.6 Å². The van der Waals surface area contributed by atoms with Crippen LogP contribution in [0.4, 0.5) is 11.4 Å². The van der Waals surface area contributed by atoms with Gasteiger partial charge in [0.05, 0.1) is 9.85 Å². The summed E-state index contributed by atoms with van der Waals surface area (Å²) in [7, 11) is 0. The van der Waals surface area contributed by atoms with Crippen molar-refractivity contribution in [3.63, 3.8) is 0 Å². The molecular weight excluding hydrogens is 340 g/mol. The molecule has 0 fully saturated rings. The van der Waals surface area contributed by atoms with Crippen molar-refractivity contribution in [2.45, 2.75) is 25.0 Å². The van der Waals surface area contributed by atoms with E-state index in [4.69, 9.17) is 9.47 Å². The summed E-state index contributed by atoms with van der Waals surface area (Å²) >= 11 is 0. The van der Waals surface area contributed by atoms with Crippen molar-refractivity contribution in [3.05, 3.63) is 80.9 Å². The minimum absolute atomic E-state index is 0.000398. The number of nitro benzene ring substituents is 2. The Labute approximate surface area is 149 Å². The van der Waals surface area contributed by atoms with Crippen LogP contribution < -0.4 is 9.47 Å². The first-order valence-corrected chi connectivity index (χ1v) is 8.02. The summed E-state index contributed by atoms with van der Waals surface area (Å²) in [6.45, 7) is 0. The van der Waals surface area contributed by atoms with Gasteiger partial charge >= 0.3 is 0 Å². The van der Waals surface area contributed by atoms with Crippen molar-refractivity contribution in [3.8, 4) is 11.5 Å². The Balaban J connectivity index is 1.69. The van der Waals surface area contributed by atoms with E-state index >= 15 is 0 Å². The molecule has 8 heteroatoms. The van der Waals surface area contributed by atoms with Crippen LogP contribution in [0.5, 0.6) is 11.5 Å². The Kier molecular flexibility index (Phi) is 5.12. The molecule has 2 aromatic rings. The largest absolute Gasteiger partial charge is 0.486 e. The first-order chi connectivity index (χ1) is 12.5. The normalized spacial score (nSPS) is 18.9. The first-order valence-electron chi connectivity index (χ1n) is 8.02. The predicted molar refractivity (Wildman–Crippen MR) is 93.4 cm³/mol. The van der Waals surface area contributed by atoms with E-state index in [-0.39, 0.29) is 23.6 Å². The van der Waals surface area contributed by atoms with Gasteiger partial charge in [-0.2, -0.15) is 0 Å². The molecule has 0 spiro atoms. The van der Waals surface area contributed by atoms with Crippen molar-refractivity contribution < 1.29 is 19.3 Å². The smallest absolute Gasteiger partial charge is 0.269 e. The summed E-state index contributed by atoms with van der Waals surface area (Å²) in [5.41, 5.74) is -0.00483. The van der Waals surface area contributed by atoms with Gasteiger partial charge in [0.2, 0.25) is 0 Å². The topological polar surface area (TPSA) is 105 Å². The highest BCUT2D eigenvalue weighted by atomic mass is 16.6. The van der Waals surface area contributed by atoms with Crippen molar-refractivity contribution in [2.75, 3.05) is 0 Å². The lowest BCUT2D eigenvalue weighted by Crippen LogP contribution is -2.36. The second-order valence-electron chi connectivity index (χ2n) is 5.75. The van der Waals surface area contributed by atoms with Crippen molar-refractivity contribution >= 4 is 11.4 Å². The molecule has 2 atom stereocenters. The number of hydrogen-bond acceptors (Lipinski definition) is 6. The summed E-state index contributed by atoms with van der Waals surface area (Å²) < 4.78 is 11.8. The number of benzene rings is 2. The summed E-state index contributed by atoms with van der Waals surface area (Å²) in [6.07, 6.45) is 4.81. The Morgan fingerprint density at radius 3 is 1.81 bits per heavy atom. The van der Waals surface area contributed by atoms with E-state index in [1.807, 2.05) is 12.2 Å². The molecule has 134 valence electrons. The van der Waals surface area contributed by atoms with Gasteiger partial charge < -0.3 is 9.47 Å². The molecule has 0 radical (unpaired) electrons. The zero-order chi connectivity index (χ0) is 18.5. The fourth-order valence-corrected chi connectivity index (χ4v) is 2.64. The molecule has 26 heavy (non-hydrogen) atoms. The lowest BCUT2D eigenvalue weighted by atomic mass is 10.0. The van der Waals surface area contributed by atoms with E-state index in [1.165, 1.54) is 24.3 Å². The standard InChI is InChI=1S/C18H16N2O6/c21-19(22)13-5-9-15(10-6-13)25-17-3-1-2-4-18(17)26-16-11-7-14(8-12-16)20(23)24/h1,3,5-12,17-18H,2,4H2/t17-,18-/m1/s1. The highest BCUT2D eigenvalue weighted by Gasteiger charge is 2.25. The van der Waals surface area contributed by atoms with Gasteiger partial charge in [-0.3, -0.25) is 20.2 Å². The zero-order valence-electron chi connectivity index (χ0n) is 13.7. The van der Waals surface area contributed by atoms with Crippen LogP contribution in [0.15, 0.2) is 60.7 Å². The number of non-ortho nitro benzene ring substituents is 2. The molecule has 2 aromatic carbocycles. The highest BCUT2D eigenvalue weighted by molar-refractivity contribution is 5.37. The molecule has 0 aromatic heterocycles. The minimum Gasteiger partial charge on any atom is -0.486 e. The van der Waals surface area contributed by atoms with Crippen molar-refractivity contribution in [2.24, 2.45) is 0 Å². The Hall–Kier alpha value is -3.42. The van der Waals surface area contributed by atoms with Gasteiger partial charge in [-0.25, -0.2) is 0 Å². The maximum absolute atomic E-state index is 10.7. The van der Waals surface area contributed by atoms with Crippen molar-refractivity contribution in [1.29, 1.82) is 0 Å². The zero-order valence-corrected chi connectivity index (χ0v) is 13.7. The van der Waals surface area contributed by atoms with E-state index in [1.54, 1.807) is 24.3 Å². The molecule has 1 aliphatic carbocycles. The van der Waals surface area contributed by atoms with Gasteiger partial charge in [0, 0.05) is 24.3 Å². The number of allylic oxidation sites excluding steroid dienone is 1. The van der Waals surface area contributed by atoms with Crippen LogP contribution in [0.2, 0.25) is 0 Å². The van der Waals surface area contributed by atoms with Gasteiger partial charge in [0.15, 0.2) is 6.10 Å². The summed E-state index contributed by atoms with van der Waals surface area (Å²) in [6, 6.07) is 11.7. The molecule has 0 unspecified atom stereocenters. The third kappa shape index (κ3) is 4.15. The second-order valence-corrected chi connectivity index (χ2v) is 5.75. The number of rotatable bonds is 6. The Bertz CT molecular complexity index is 817. The van der Waals surface area contributed by atoms with Crippen LogP contribution in [-0.2, 0) is 0 Å². The van der Waals surface area contributed by atoms with Crippen LogP contribution in [0.3, 0.4) is 0 Å². The molecule has 0 saturated heterocycles. The van der Waals surface area contributed by atoms with Crippen LogP contribution in [0.1, 0.15) is 12.8 Å². The van der Waals surface area contributed by atoms with Crippen LogP contribution in [0, 0.1) is 20.2 Å². The average molecular weight is 356 g/mol. The molecule has 0 heterocycles. The molecule has 8 nitrogen and oxygen atoms in total. The molecule has 3 rings (SSSR count). The number of ether oxygens (including phenoxy) is 2. The highest BCUT2D eigenvalue weighted by Crippen LogP contribution is 2.26. The van der Waals surface area contributed by atoms with Crippen molar-refractivity contribution in [1.82, 2.24) is 0 Å². The number of nitrogens with zero attached hydrogens (tertiary/aromatic N) is 2. The quantitative estimate of drug-likeness (QED) is 0.439. The van der Waals surface area contributed by atoms with Crippen LogP contribution in [0.25, 0.3) is 0 Å². The predicted octanol–water partition coefficient (Wildman–Crippen LogP) is 4.05. The molecule has 0 aliphatic heterocycles. The van der Waals surface area contributed by atoms with Gasteiger partial charge in [-0.15, -0.1) is 0 Å². The third-order valence-electron chi connectivity index (χ3n) is 3.96. The van der Waals surface area contributed by atoms with Gasteiger partial charge in [-0.1, -0.05) is 6.08 Å². The summed E-state index contributed by atoms with van der Waals surface area (Å²) in [4.78, 5) is 20.5. The van der Waals surface area contributed by atoms with E-state index < -0.39 is 9.85 Å². The second kappa shape index (κ2) is 7.64. The van der Waals surface area contributed by atoms with E-state index in [9.17, 15) is 20.2 Å². The monoisotopic (exact) mass is 356 g/mol. The number of hydrogen-bond donors (Lipinski definition) is 0. The lowest BCUT2D eigenvalue weighted by molar-refractivity contribution is -0.385. The maximum Gasteiger partial charge on any atom is 0.269 e. The molecule has 1 aliphatic rings. The van der Waals surface area contributed by atoms with Gasteiger partial charge in [-0.05, 0) is 43.2 Å². The van der Waals surface area contributed by atoms with Crippen LogP contribution >= 0.6 is 0 Å². The number of nitro groups is 2. The van der Waals surface area contributed by atoms with E-state index in [2.05, 4.69) is 0 Å². The molecule has 0 saturated carbocycles. The minimum atomic E-state index is -0.467. The maximum atomic E-state index is 10.7. The SMILES string of the molecule is O=[N+]([O-])c1ccc(O[C@@H]2C=CCC[C@H]2Oc2ccc([N+](=O)[O-])cc2)cc1. The fourth-order valence-electron chi connectivity index (χ4n) is 2.64. The Morgan fingerprint density at radius 1 is 0.808 bits per heavy atom. The molecule has 0 bridgehead atoms. The molecule has 0 amide bonds. The van der Waals surface area contributed by atoms with Gasteiger partial charge in [0.25, 0.3) is 11.4 Å². The third-order valence-corrected chi connectivity index (χ3v) is 3.96. The molecule has 0 N–H and O–H groups in total. The summed E-state index contributed by atoms with van der Waals surface area (Å²) in [5.74, 6) is 1.03. The lowest BCUT2D eigenvalue weighted by Gasteiger charge is -2.28. The Morgan fingerprint density at radius 2 is 1.31 bits per heavy atom. The summed E-state index contributed by atoms with van der Waals surface area (Å²) in [5, 5.41) is 21.4.